The molecule has 0 spiro atoms. The molecule has 1 amide bonds. The quantitative estimate of drug-likeness (QED) is 0.736. The summed E-state index contributed by atoms with van der Waals surface area (Å²) >= 11 is 0. The minimum atomic E-state index is -0.210. The number of aromatic nitrogens is 5. The molecule has 3 aromatic rings. The van der Waals surface area contributed by atoms with Crippen LogP contribution in [0.5, 0.6) is 5.88 Å². The molecule has 0 aromatic carbocycles. The van der Waals surface area contributed by atoms with Gasteiger partial charge in [-0.15, -0.1) is 10.2 Å². The topological polar surface area (TPSA) is 94.8 Å². The molecule has 24 heavy (non-hydrogen) atoms. The highest BCUT2D eigenvalue weighted by molar-refractivity contribution is 5.94. The van der Waals surface area contributed by atoms with Crippen molar-refractivity contribution in [2.24, 2.45) is 0 Å². The number of ether oxygens (including phenoxy) is 1. The lowest BCUT2D eigenvalue weighted by molar-refractivity contribution is 0.0950. The number of hydrogen-bond donors (Lipinski definition) is 1. The largest absolute Gasteiger partial charge is 0.478 e. The predicted octanol–water partition coefficient (Wildman–Crippen LogP) is 1.39. The maximum absolute atomic E-state index is 12.4. The summed E-state index contributed by atoms with van der Waals surface area (Å²) in [6.45, 7) is 2.73. The normalized spacial score (nSPS) is 10.4. The Balaban J connectivity index is 1.71. The SMILES string of the molecule is CCOc1ncccc1CNC(=O)c1ccnc(-n2cnnc2)c1. The number of hydrogen-bond acceptors (Lipinski definition) is 6. The number of pyridine rings is 2. The van der Waals surface area contributed by atoms with E-state index in [1.165, 1.54) is 12.7 Å². The van der Waals surface area contributed by atoms with Crippen LogP contribution in [0.4, 0.5) is 0 Å². The van der Waals surface area contributed by atoms with E-state index in [1.54, 1.807) is 35.2 Å². The number of carbonyl (C=O) groups excluding carboxylic acids is 1. The molecule has 0 aliphatic heterocycles. The van der Waals surface area contributed by atoms with E-state index in [0.29, 0.717) is 30.4 Å². The van der Waals surface area contributed by atoms with Crippen molar-refractivity contribution in [1.29, 1.82) is 0 Å². The molecule has 3 heterocycles. The van der Waals surface area contributed by atoms with Gasteiger partial charge in [0.1, 0.15) is 18.5 Å². The van der Waals surface area contributed by atoms with Gasteiger partial charge in [-0.25, -0.2) is 9.97 Å². The molecule has 8 nitrogen and oxygen atoms in total. The summed E-state index contributed by atoms with van der Waals surface area (Å²) in [6.07, 6.45) is 6.27. The highest BCUT2D eigenvalue weighted by Crippen LogP contribution is 2.14. The Kier molecular flexibility index (Phi) is 4.76. The first-order valence-electron chi connectivity index (χ1n) is 7.44. The molecule has 8 heteroatoms. The van der Waals surface area contributed by atoms with Gasteiger partial charge in [0.15, 0.2) is 0 Å². The first-order chi connectivity index (χ1) is 11.8. The summed E-state index contributed by atoms with van der Waals surface area (Å²) in [6, 6.07) is 7.00. The zero-order chi connectivity index (χ0) is 16.8. The molecule has 3 aromatic heterocycles. The van der Waals surface area contributed by atoms with Crippen molar-refractivity contribution in [1.82, 2.24) is 30.0 Å². The summed E-state index contributed by atoms with van der Waals surface area (Å²) in [5.41, 5.74) is 1.32. The van der Waals surface area contributed by atoms with E-state index in [0.717, 1.165) is 5.56 Å². The third kappa shape index (κ3) is 3.54. The summed E-state index contributed by atoms with van der Waals surface area (Å²) in [4.78, 5) is 20.7. The first-order valence-corrected chi connectivity index (χ1v) is 7.44. The fourth-order valence-corrected chi connectivity index (χ4v) is 2.12. The zero-order valence-electron chi connectivity index (χ0n) is 13.1. The lowest BCUT2D eigenvalue weighted by Crippen LogP contribution is -2.23. The molecule has 0 aliphatic rings. The summed E-state index contributed by atoms with van der Waals surface area (Å²) < 4.78 is 7.08. The number of nitrogens with one attached hydrogen (secondary N) is 1. The van der Waals surface area contributed by atoms with E-state index in [1.807, 2.05) is 13.0 Å². The Bertz CT molecular complexity index is 819. The molecular formula is C16H16N6O2. The van der Waals surface area contributed by atoms with Crippen LogP contribution in [-0.2, 0) is 6.54 Å². The fraction of sp³-hybridized carbons (Fsp3) is 0.188. The number of carbonyl (C=O) groups is 1. The molecule has 0 fully saturated rings. The van der Waals surface area contributed by atoms with Crippen LogP contribution in [0, 0.1) is 0 Å². The number of nitrogens with zero attached hydrogens (tertiary/aromatic N) is 5. The smallest absolute Gasteiger partial charge is 0.251 e. The highest BCUT2D eigenvalue weighted by atomic mass is 16.5. The Morgan fingerprint density at radius 3 is 2.83 bits per heavy atom. The average molecular weight is 324 g/mol. The molecule has 0 unspecified atom stereocenters. The second-order valence-corrected chi connectivity index (χ2v) is 4.86. The van der Waals surface area contributed by atoms with E-state index >= 15 is 0 Å². The molecule has 0 bridgehead atoms. The van der Waals surface area contributed by atoms with Gasteiger partial charge in [0, 0.05) is 30.1 Å². The second-order valence-electron chi connectivity index (χ2n) is 4.86. The average Bonchev–Trinajstić information content (AvgIpc) is 3.16. The molecule has 0 saturated heterocycles. The maximum Gasteiger partial charge on any atom is 0.251 e. The first kappa shape index (κ1) is 15.6. The molecule has 0 aliphatic carbocycles. The van der Waals surface area contributed by atoms with E-state index in [-0.39, 0.29) is 5.91 Å². The molecule has 122 valence electrons. The van der Waals surface area contributed by atoms with Gasteiger partial charge in [0.25, 0.3) is 5.91 Å². The number of amides is 1. The summed E-state index contributed by atoms with van der Waals surface area (Å²) in [5, 5.41) is 10.3. The van der Waals surface area contributed by atoms with Gasteiger partial charge in [0.05, 0.1) is 6.61 Å². The van der Waals surface area contributed by atoms with Gasteiger partial charge < -0.3 is 10.1 Å². The van der Waals surface area contributed by atoms with Gasteiger partial charge in [-0.2, -0.15) is 0 Å². The van der Waals surface area contributed by atoms with Crippen LogP contribution >= 0.6 is 0 Å². The van der Waals surface area contributed by atoms with Gasteiger partial charge in [0.2, 0.25) is 5.88 Å². The molecular weight excluding hydrogens is 308 g/mol. The van der Waals surface area contributed by atoms with Crippen molar-refractivity contribution in [3.05, 3.63) is 60.4 Å². The zero-order valence-corrected chi connectivity index (χ0v) is 13.1. The maximum atomic E-state index is 12.4. The lowest BCUT2D eigenvalue weighted by Gasteiger charge is -2.10. The van der Waals surface area contributed by atoms with Crippen molar-refractivity contribution in [3.8, 4) is 11.7 Å². The van der Waals surface area contributed by atoms with Gasteiger partial charge in [-0.05, 0) is 25.1 Å². The molecule has 0 saturated carbocycles. The van der Waals surface area contributed by atoms with Crippen LogP contribution in [0.25, 0.3) is 5.82 Å². The lowest BCUT2D eigenvalue weighted by atomic mass is 10.2. The van der Waals surface area contributed by atoms with Crippen LogP contribution in [0.2, 0.25) is 0 Å². The van der Waals surface area contributed by atoms with Crippen LogP contribution in [0.1, 0.15) is 22.8 Å². The molecule has 1 N–H and O–H groups in total. The Hall–Kier alpha value is -3.29. The van der Waals surface area contributed by atoms with Gasteiger partial charge in [-0.3, -0.25) is 9.36 Å². The van der Waals surface area contributed by atoms with Crippen molar-refractivity contribution < 1.29 is 9.53 Å². The molecule has 0 radical (unpaired) electrons. The minimum absolute atomic E-state index is 0.210. The fourth-order valence-electron chi connectivity index (χ4n) is 2.12. The highest BCUT2D eigenvalue weighted by Gasteiger charge is 2.10. The molecule has 0 atom stereocenters. The van der Waals surface area contributed by atoms with E-state index in [4.69, 9.17) is 4.74 Å². The van der Waals surface area contributed by atoms with Crippen LogP contribution < -0.4 is 10.1 Å². The van der Waals surface area contributed by atoms with Crippen LogP contribution in [0.3, 0.4) is 0 Å². The van der Waals surface area contributed by atoms with Gasteiger partial charge in [-0.1, -0.05) is 6.07 Å². The van der Waals surface area contributed by atoms with Crippen molar-refractivity contribution >= 4 is 5.91 Å². The standard InChI is InChI=1S/C16H16N6O2/c1-2-24-16-13(4-3-6-18-16)9-19-15(23)12-5-7-17-14(8-12)22-10-20-21-11-22/h3-8,10-11H,2,9H2,1H3,(H,19,23). The Labute approximate surface area is 138 Å². The molecule has 3 rings (SSSR count). The van der Waals surface area contributed by atoms with Gasteiger partial charge >= 0.3 is 0 Å². The van der Waals surface area contributed by atoms with E-state index < -0.39 is 0 Å². The summed E-state index contributed by atoms with van der Waals surface area (Å²) in [7, 11) is 0. The van der Waals surface area contributed by atoms with Crippen LogP contribution in [0.15, 0.2) is 49.3 Å². The second kappa shape index (κ2) is 7.32. The Morgan fingerprint density at radius 1 is 1.21 bits per heavy atom. The minimum Gasteiger partial charge on any atom is -0.478 e. The van der Waals surface area contributed by atoms with Crippen molar-refractivity contribution in [2.75, 3.05) is 6.61 Å². The van der Waals surface area contributed by atoms with E-state index in [2.05, 4.69) is 25.5 Å². The Morgan fingerprint density at radius 2 is 2.04 bits per heavy atom. The summed E-state index contributed by atoms with van der Waals surface area (Å²) in [5.74, 6) is 0.891. The third-order valence-electron chi connectivity index (χ3n) is 3.26. The van der Waals surface area contributed by atoms with Crippen molar-refractivity contribution in [3.63, 3.8) is 0 Å². The van der Waals surface area contributed by atoms with Crippen LogP contribution in [-0.4, -0.2) is 37.2 Å². The number of rotatable bonds is 6. The monoisotopic (exact) mass is 324 g/mol. The van der Waals surface area contributed by atoms with E-state index in [9.17, 15) is 4.79 Å². The predicted molar refractivity (Wildman–Crippen MR) is 85.7 cm³/mol. The third-order valence-corrected chi connectivity index (χ3v) is 3.26. The van der Waals surface area contributed by atoms with Crippen molar-refractivity contribution in [2.45, 2.75) is 13.5 Å².